The number of rotatable bonds is 5. The van der Waals surface area contributed by atoms with Crippen LogP contribution in [0.2, 0.25) is 5.02 Å². The monoisotopic (exact) mass is 475 g/mol. The summed E-state index contributed by atoms with van der Waals surface area (Å²) in [7, 11) is 0. The molecule has 0 aliphatic heterocycles. The van der Waals surface area contributed by atoms with Crippen molar-refractivity contribution in [1.82, 2.24) is 9.66 Å². The summed E-state index contributed by atoms with van der Waals surface area (Å²) in [5, 5.41) is 5.51. The lowest BCUT2D eigenvalue weighted by molar-refractivity contribution is 0.197. The van der Waals surface area contributed by atoms with Crippen molar-refractivity contribution in [3.05, 3.63) is 67.6 Å². The maximum Gasteiger partial charge on any atom is 0.282 e. The largest absolute Gasteiger partial charge is 0.492 e. The van der Waals surface area contributed by atoms with Crippen LogP contribution in [0.4, 0.5) is 0 Å². The summed E-state index contributed by atoms with van der Waals surface area (Å²) < 4.78 is 8.11. The normalized spacial score (nSPS) is 12.1. The van der Waals surface area contributed by atoms with Crippen molar-refractivity contribution >= 4 is 44.6 Å². The molecule has 0 spiro atoms. The smallest absolute Gasteiger partial charge is 0.282 e. The van der Waals surface area contributed by atoms with Crippen LogP contribution in [0.25, 0.3) is 10.9 Å². The van der Waals surface area contributed by atoms with E-state index >= 15 is 0 Å². The number of hydrogen-bond acceptors (Lipinski definition) is 4. The summed E-state index contributed by atoms with van der Waals surface area (Å²) in [5.74, 6) is 1.25. The third-order valence-corrected chi connectivity index (χ3v) is 4.86. The van der Waals surface area contributed by atoms with Crippen LogP contribution in [0, 0.1) is 5.41 Å². The average molecular weight is 477 g/mol. The molecule has 0 amide bonds. The number of aryl methyl sites for hydroxylation is 1. The van der Waals surface area contributed by atoms with Gasteiger partial charge in [0.05, 0.1) is 23.7 Å². The van der Waals surface area contributed by atoms with Crippen molar-refractivity contribution < 1.29 is 4.74 Å². The van der Waals surface area contributed by atoms with E-state index < -0.39 is 0 Å². The van der Waals surface area contributed by atoms with Crippen LogP contribution >= 0.6 is 27.5 Å². The number of fused-ring (bicyclic) bond motifs is 1. The molecular weight excluding hydrogens is 454 g/mol. The number of aromatic nitrogens is 2. The van der Waals surface area contributed by atoms with Gasteiger partial charge in [-0.1, -0.05) is 55.2 Å². The zero-order valence-corrected chi connectivity index (χ0v) is 19.2. The standard InChI is InChI=1S/C22H23BrClN3O2/c1-5-20-26-18-8-6-15(23)11-17(18)21(28)27(20)25-12-14-10-16(24)7-9-19(14)29-13-22(2,3)4/h6-12H,5,13H2,1-4H3. The molecule has 5 nitrogen and oxygen atoms in total. The van der Waals surface area contributed by atoms with Crippen molar-refractivity contribution in [2.24, 2.45) is 10.5 Å². The van der Waals surface area contributed by atoms with Gasteiger partial charge in [0, 0.05) is 21.5 Å². The predicted molar refractivity (Wildman–Crippen MR) is 122 cm³/mol. The molecule has 0 saturated carbocycles. The molecule has 0 aliphatic carbocycles. The molecule has 3 rings (SSSR count). The Hall–Kier alpha value is -2.18. The molecule has 0 bridgehead atoms. The Kier molecular flexibility index (Phi) is 6.44. The van der Waals surface area contributed by atoms with Crippen LogP contribution in [0.3, 0.4) is 0 Å². The number of nitrogens with zero attached hydrogens (tertiary/aromatic N) is 3. The van der Waals surface area contributed by atoms with Gasteiger partial charge in [-0.25, -0.2) is 4.98 Å². The first-order valence-corrected chi connectivity index (χ1v) is 10.5. The molecule has 7 heteroatoms. The Morgan fingerprint density at radius 1 is 1.24 bits per heavy atom. The second-order valence-corrected chi connectivity index (χ2v) is 9.29. The van der Waals surface area contributed by atoms with E-state index in [1.807, 2.05) is 25.1 Å². The number of halogens is 2. The van der Waals surface area contributed by atoms with Gasteiger partial charge in [-0.3, -0.25) is 4.79 Å². The van der Waals surface area contributed by atoms with Gasteiger partial charge in [-0.05, 0) is 41.8 Å². The van der Waals surface area contributed by atoms with Crippen LogP contribution in [-0.4, -0.2) is 22.5 Å². The molecule has 1 aromatic heterocycles. The van der Waals surface area contributed by atoms with Gasteiger partial charge in [0.25, 0.3) is 5.56 Å². The molecule has 2 aromatic carbocycles. The van der Waals surface area contributed by atoms with E-state index in [1.165, 1.54) is 4.68 Å². The quantitative estimate of drug-likeness (QED) is 0.445. The summed E-state index contributed by atoms with van der Waals surface area (Å²) in [6.07, 6.45) is 2.16. The Labute approximate surface area is 183 Å². The minimum atomic E-state index is -0.219. The SMILES string of the molecule is CCc1nc2ccc(Br)cc2c(=O)n1N=Cc1cc(Cl)ccc1OCC(C)(C)C. The van der Waals surface area contributed by atoms with E-state index in [0.29, 0.717) is 46.1 Å². The lowest BCUT2D eigenvalue weighted by atomic mass is 9.99. The zero-order valence-electron chi connectivity index (χ0n) is 16.9. The summed E-state index contributed by atoms with van der Waals surface area (Å²) in [6.45, 7) is 8.78. The lowest BCUT2D eigenvalue weighted by Crippen LogP contribution is -2.22. The molecule has 0 fully saturated rings. The zero-order chi connectivity index (χ0) is 21.2. The van der Waals surface area contributed by atoms with Crippen LogP contribution in [-0.2, 0) is 6.42 Å². The maximum atomic E-state index is 13.0. The van der Waals surface area contributed by atoms with Crippen molar-refractivity contribution in [3.8, 4) is 5.75 Å². The highest BCUT2D eigenvalue weighted by atomic mass is 79.9. The fourth-order valence-electron chi connectivity index (χ4n) is 2.71. The molecule has 0 unspecified atom stereocenters. The van der Waals surface area contributed by atoms with Crippen LogP contribution in [0.5, 0.6) is 5.75 Å². The minimum Gasteiger partial charge on any atom is -0.492 e. The second kappa shape index (κ2) is 8.67. The molecule has 3 aromatic rings. The molecule has 1 heterocycles. The highest BCUT2D eigenvalue weighted by Gasteiger charge is 2.13. The van der Waals surface area contributed by atoms with E-state index in [2.05, 4.69) is 46.8 Å². The minimum absolute atomic E-state index is 0.00994. The van der Waals surface area contributed by atoms with E-state index in [0.717, 1.165) is 4.47 Å². The van der Waals surface area contributed by atoms with Crippen LogP contribution in [0.15, 0.2) is 50.8 Å². The molecule has 152 valence electrons. The Balaban J connectivity index is 2.06. The molecular formula is C22H23BrClN3O2. The average Bonchev–Trinajstić information content (AvgIpc) is 2.66. The predicted octanol–water partition coefficient (Wildman–Crippen LogP) is 5.68. The van der Waals surface area contributed by atoms with E-state index in [4.69, 9.17) is 16.3 Å². The third kappa shape index (κ3) is 5.25. The molecule has 0 atom stereocenters. The van der Waals surface area contributed by atoms with Gasteiger partial charge in [0.2, 0.25) is 0 Å². The fourth-order valence-corrected chi connectivity index (χ4v) is 3.25. The molecule has 0 aliphatic rings. The Morgan fingerprint density at radius 2 is 2.00 bits per heavy atom. The fraction of sp³-hybridized carbons (Fsp3) is 0.318. The van der Waals surface area contributed by atoms with Crippen molar-refractivity contribution in [2.75, 3.05) is 6.61 Å². The highest BCUT2D eigenvalue weighted by molar-refractivity contribution is 9.10. The second-order valence-electron chi connectivity index (χ2n) is 7.94. The number of benzene rings is 2. The van der Waals surface area contributed by atoms with Gasteiger partial charge < -0.3 is 4.74 Å². The van der Waals surface area contributed by atoms with E-state index in [1.54, 1.807) is 24.4 Å². The molecule has 0 N–H and O–H groups in total. The topological polar surface area (TPSA) is 56.5 Å². The molecule has 0 saturated heterocycles. The lowest BCUT2D eigenvalue weighted by Gasteiger charge is -2.19. The Morgan fingerprint density at radius 3 is 2.69 bits per heavy atom. The number of ether oxygens (including phenoxy) is 1. The van der Waals surface area contributed by atoms with Gasteiger partial charge >= 0.3 is 0 Å². The summed E-state index contributed by atoms with van der Waals surface area (Å²) in [4.78, 5) is 17.6. The number of hydrogen-bond donors (Lipinski definition) is 0. The third-order valence-electron chi connectivity index (χ3n) is 4.14. The first-order valence-electron chi connectivity index (χ1n) is 9.36. The van der Waals surface area contributed by atoms with Gasteiger partial charge in [0.1, 0.15) is 11.6 Å². The van der Waals surface area contributed by atoms with Gasteiger partial charge in [-0.15, -0.1) is 0 Å². The van der Waals surface area contributed by atoms with Crippen LogP contribution in [0.1, 0.15) is 39.1 Å². The van der Waals surface area contributed by atoms with Gasteiger partial charge in [-0.2, -0.15) is 9.78 Å². The summed E-state index contributed by atoms with van der Waals surface area (Å²) in [5.41, 5.74) is 1.14. The van der Waals surface area contributed by atoms with Gasteiger partial charge in [0.15, 0.2) is 0 Å². The summed E-state index contributed by atoms with van der Waals surface area (Å²) >= 11 is 9.58. The molecule has 29 heavy (non-hydrogen) atoms. The Bertz CT molecular complexity index is 1130. The van der Waals surface area contributed by atoms with E-state index in [9.17, 15) is 4.79 Å². The van der Waals surface area contributed by atoms with Crippen molar-refractivity contribution in [3.63, 3.8) is 0 Å². The first-order chi connectivity index (χ1) is 13.7. The van der Waals surface area contributed by atoms with E-state index in [-0.39, 0.29) is 11.0 Å². The first kappa shape index (κ1) is 21.5. The molecule has 0 radical (unpaired) electrons. The van der Waals surface area contributed by atoms with Crippen molar-refractivity contribution in [2.45, 2.75) is 34.1 Å². The maximum absolute atomic E-state index is 13.0. The van der Waals surface area contributed by atoms with Crippen molar-refractivity contribution in [1.29, 1.82) is 0 Å². The summed E-state index contributed by atoms with van der Waals surface area (Å²) in [6, 6.07) is 10.8. The highest BCUT2D eigenvalue weighted by Crippen LogP contribution is 2.24. The van der Waals surface area contributed by atoms with Crippen LogP contribution < -0.4 is 10.3 Å².